The second-order valence-electron chi connectivity index (χ2n) is 24.6. The number of benzene rings is 13. The first-order chi connectivity index (χ1) is 48.5. The second kappa shape index (κ2) is 24.3. The summed E-state index contributed by atoms with van der Waals surface area (Å²) in [5.74, 6) is 1.54. The van der Waals surface area contributed by atoms with Gasteiger partial charge in [0.05, 0.1) is 39.4 Å². The van der Waals surface area contributed by atoms with E-state index in [0.29, 0.717) is 34.4 Å². The van der Waals surface area contributed by atoms with E-state index in [1.165, 1.54) is 16.4 Å². The van der Waals surface area contributed by atoms with Crippen molar-refractivity contribution < 1.29 is 9.53 Å². The Kier molecular flexibility index (Phi) is 14.3. The maximum absolute atomic E-state index is 14.0. The summed E-state index contributed by atoms with van der Waals surface area (Å²) in [6.45, 7) is 0.0819. The van der Waals surface area contributed by atoms with Gasteiger partial charge in [-0.1, -0.05) is 237 Å². The number of ether oxygens (including phenoxy) is 1. The second-order valence-corrected chi connectivity index (χ2v) is 24.6. The van der Waals surface area contributed by atoms with Crippen LogP contribution in [0.25, 0.3) is 107 Å². The highest BCUT2D eigenvalue weighted by Gasteiger charge is 2.44. The molecule has 98 heavy (non-hydrogen) atoms. The molecule has 0 saturated heterocycles. The predicted octanol–water partition coefficient (Wildman–Crippen LogP) is 18.9. The lowest BCUT2D eigenvalue weighted by molar-refractivity contribution is 0.0473. The molecule has 18 rings (SSSR count). The van der Waals surface area contributed by atoms with Crippen LogP contribution in [0, 0.1) is 0 Å². The summed E-state index contributed by atoms with van der Waals surface area (Å²) < 4.78 is 8.17. The number of aromatic nitrogens is 6. The Morgan fingerprint density at radius 1 is 0.337 bits per heavy atom. The van der Waals surface area contributed by atoms with Crippen molar-refractivity contribution in [3.05, 3.63) is 345 Å². The van der Waals surface area contributed by atoms with Crippen LogP contribution in [0.5, 0.6) is 0 Å². The highest BCUT2D eigenvalue weighted by Crippen LogP contribution is 2.49. The van der Waals surface area contributed by atoms with Crippen molar-refractivity contribution in [3.63, 3.8) is 0 Å². The van der Waals surface area contributed by atoms with Gasteiger partial charge in [0.2, 0.25) is 0 Å². The Labute approximate surface area is 566 Å². The largest absolute Gasteiger partial charge is 0.457 e. The number of carbonyl (C=O) groups excluding carboxylic acids is 1. The van der Waals surface area contributed by atoms with Gasteiger partial charge in [0.1, 0.15) is 6.61 Å². The van der Waals surface area contributed by atoms with Crippen molar-refractivity contribution in [1.29, 1.82) is 0 Å². The van der Waals surface area contributed by atoms with Crippen molar-refractivity contribution in [3.8, 4) is 84.9 Å². The molecular weight excluding hydrogens is 1200 g/mol. The topological polar surface area (TPSA) is 102 Å². The van der Waals surface area contributed by atoms with Crippen molar-refractivity contribution in [2.24, 2.45) is 0 Å². The Bertz CT molecular complexity index is 5670. The van der Waals surface area contributed by atoms with Crippen molar-refractivity contribution in [1.82, 2.24) is 29.5 Å². The Hall–Kier alpha value is -13.1. The summed E-state index contributed by atoms with van der Waals surface area (Å²) in [7, 11) is 0. The molecular formula is C87H57BN8O2. The van der Waals surface area contributed by atoms with Gasteiger partial charge in [0.15, 0.2) is 23.3 Å². The van der Waals surface area contributed by atoms with E-state index in [2.05, 4.69) is 221 Å². The maximum Gasteiger partial charge on any atom is 0.338 e. The van der Waals surface area contributed by atoms with Crippen LogP contribution < -0.4 is 26.2 Å². The van der Waals surface area contributed by atoms with Gasteiger partial charge in [-0.05, 0) is 125 Å². The van der Waals surface area contributed by atoms with Gasteiger partial charge >= 0.3 is 5.97 Å². The smallest absolute Gasteiger partial charge is 0.338 e. The van der Waals surface area contributed by atoms with Gasteiger partial charge < -0.3 is 19.1 Å². The van der Waals surface area contributed by atoms with Gasteiger partial charge in [-0.15, -0.1) is 0 Å². The lowest BCUT2D eigenvalue weighted by Gasteiger charge is -2.45. The number of nitrogens with zero attached hydrogens (tertiary/aromatic N) is 8. The van der Waals surface area contributed by atoms with Crippen molar-refractivity contribution in [2.75, 3.05) is 9.80 Å². The Balaban J connectivity index is 0.853. The normalized spacial score (nSPS) is 12.1. The number of hydrogen-bond donors (Lipinski definition) is 0. The fourth-order valence-electron chi connectivity index (χ4n) is 14.3. The van der Waals surface area contributed by atoms with Gasteiger partial charge in [-0.25, -0.2) is 29.7 Å². The molecule has 2 aliphatic rings. The van der Waals surface area contributed by atoms with Crippen LogP contribution in [0.2, 0.25) is 0 Å². The van der Waals surface area contributed by atoms with E-state index in [1.54, 1.807) is 0 Å². The van der Waals surface area contributed by atoms with Crippen LogP contribution in [0.1, 0.15) is 15.9 Å². The number of hydrogen-bond acceptors (Lipinski definition) is 9. The van der Waals surface area contributed by atoms with Crippen LogP contribution in [0.4, 0.5) is 34.1 Å². The number of rotatable bonds is 13. The average Bonchev–Trinajstić information content (AvgIpc) is 0.848. The molecule has 11 heteroatoms. The molecule has 0 saturated carbocycles. The van der Waals surface area contributed by atoms with Crippen LogP contribution in [0.15, 0.2) is 334 Å². The summed E-state index contributed by atoms with van der Waals surface area (Å²) in [6.07, 6.45) is 0. The van der Waals surface area contributed by atoms with E-state index < -0.39 is 5.97 Å². The third-order valence-electron chi connectivity index (χ3n) is 18.8. The zero-order valence-electron chi connectivity index (χ0n) is 52.9. The minimum atomic E-state index is -0.407. The third-order valence-corrected chi connectivity index (χ3v) is 18.8. The number of anilines is 6. The maximum atomic E-state index is 14.0. The summed E-state index contributed by atoms with van der Waals surface area (Å²) in [5, 5.41) is 1.84. The van der Waals surface area contributed by atoms with Gasteiger partial charge in [0.25, 0.3) is 6.71 Å². The minimum Gasteiger partial charge on any atom is -0.457 e. The lowest BCUT2D eigenvalue weighted by atomic mass is 9.33. The molecule has 16 aromatic rings. The fraction of sp³-hybridized carbons (Fsp3) is 0.0115. The van der Waals surface area contributed by atoms with Gasteiger partial charge in [-0.2, -0.15) is 0 Å². The molecule has 2 aliphatic heterocycles. The Morgan fingerprint density at radius 2 is 0.837 bits per heavy atom. The summed E-state index contributed by atoms with van der Waals surface area (Å²) >= 11 is 0. The van der Waals surface area contributed by atoms with Gasteiger partial charge in [0, 0.05) is 78.2 Å². The van der Waals surface area contributed by atoms with Crippen LogP contribution >= 0.6 is 0 Å². The van der Waals surface area contributed by atoms with Crippen molar-refractivity contribution in [2.45, 2.75) is 6.61 Å². The first-order valence-electron chi connectivity index (χ1n) is 32.9. The molecule has 0 fully saturated rings. The molecule has 0 unspecified atom stereocenters. The molecule has 0 radical (unpaired) electrons. The molecule has 10 nitrogen and oxygen atoms in total. The predicted molar refractivity (Wildman–Crippen MR) is 397 cm³/mol. The molecule has 0 aliphatic carbocycles. The number of fused-ring (bicyclic) bond motifs is 7. The van der Waals surface area contributed by atoms with E-state index in [1.807, 2.05) is 127 Å². The van der Waals surface area contributed by atoms with Crippen LogP contribution in [-0.4, -0.2) is 42.2 Å². The highest BCUT2D eigenvalue weighted by atomic mass is 16.5. The van der Waals surface area contributed by atoms with Crippen LogP contribution in [-0.2, 0) is 11.3 Å². The Morgan fingerprint density at radius 3 is 1.51 bits per heavy atom. The van der Waals surface area contributed by atoms with E-state index in [-0.39, 0.29) is 13.3 Å². The standard InChI is InChI=1S/C87H57BN8O2/c97-87(98-56-57-26-7-1-8-27-57)64-47-50-76-69(54-64)68-40-19-22-43-75(68)96(76)77-49-46-63(84-89-73(58-28-9-2-10-29-58)55-74(90-84)59-30-11-3-12-31-59)53-70(77)86-92-83(60-32-13-4-14-33-60)91-85(93-86)62-35-25-34-61(52-62)67-48-51-80-81-82(67)95(66-38-17-6-18-39-66)79-45-24-21-42-72(79)88(81)71-41-20-23-44-78(71)94(80)65-36-15-5-16-37-65/h1-55H,56H2. The quantitative estimate of drug-likeness (QED) is 0.0825. The molecule has 0 amide bonds. The first kappa shape index (κ1) is 57.5. The molecule has 13 aromatic carbocycles. The van der Waals surface area contributed by atoms with Gasteiger partial charge in [-0.3, -0.25) is 0 Å². The minimum absolute atomic E-state index is 0.0749. The average molecular weight is 1260 g/mol. The molecule has 460 valence electrons. The number of esters is 1. The SMILES string of the molecule is O=C(OCc1ccccc1)c1ccc2c(c1)c1ccccc1n2-c1ccc(-c2nc(-c3ccccc3)cc(-c3ccccc3)n2)cc1-c1nc(-c2ccccc2)nc(-c2cccc(-c3ccc4c5c3N(c3ccccc3)c3ccccc3B5c3ccccc3N4c3ccccc3)c2)n1. The third kappa shape index (κ3) is 10.2. The van der Waals surface area contributed by atoms with E-state index in [0.717, 1.165) is 118 Å². The molecule has 0 spiro atoms. The number of carbonyl (C=O) groups is 1. The summed E-state index contributed by atoms with van der Waals surface area (Å²) in [5.41, 5.74) is 22.9. The molecule has 0 N–H and O–H groups in total. The van der Waals surface area contributed by atoms with E-state index in [9.17, 15) is 4.79 Å². The van der Waals surface area contributed by atoms with Crippen LogP contribution in [0.3, 0.4) is 0 Å². The molecule has 0 bridgehead atoms. The molecule has 5 heterocycles. The molecule has 3 aromatic heterocycles. The first-order valence-corrected chi connectivity index (χ1v) is 32.9. The summed E-state index contributed by atoms with van der Waals surface area (Å²) in [6, 6.07) is 115. The highest BCUT2D eigenvalue weighted by molar-refractivity contribution is 7.00. The zero-order valence-corrected chi connectivity index (χ0v) is 52.9. The molecule has 0 atom stereocenters. The number of para-hydroxylation sites is 5. The van der Waals surface area contributed by atoms with Crippen molar-refractivity contribution >= 4 is 85.0 Å². The summed E-state index contributed by atoms with van der Waals surface area (Å²) in [4.78, 5) is 46.2. The van der Waals surface area contributed by atoms with E-state index >= 15 is 0 Å². The monoisotopic (exact) mass is 1260 g/mol. The fourth-order valence-corrected chi connectivity index (χ4v) is 14.3. The zero-order chi connectivity index (χ0) is 65.0. The van der Waals surface area contributed by atoms with E-state index in [4.69, 9.17) is 29.7 Å². The lowest BCUT2D eigenvalue weighted by Crippen LogP contribution is -2.61.